The first-order valence-corrected chi connectivity index (χ1v) is 23.2. The molecule has 9 aromatic rings. The average Bonchev–Trinajstić information content (AvgIpc) is 3.35. The van der Waals surface area contributed by atoms with Crippen molar-refractivity contribution in [2.75, 3.05) is 36.0 Å². The molecule has 2 fully saturated rings. The van der Waals surface area contributed by atoms with Gasteiger partial charge in [0.25, 0.3) is 0 Å². The second-order valence-corrected chi connectivity index (χ2v) is 18.4. The van der Waals surface area contributed by atoms with Gasteiger partial charge in [-0.1, -0.05) is 134 Å². The quantitative estimate of drug-likeness (QED) is 0.129. The maximum Gasteiger partial charge on any atom is 0.0372 e. The monoisotopic (exact) mass is 798 g/mol. The Hall–Kier alpha value is -6.64. The van der Waals surface area contributed by atoms with Crippen molar-refractivity contribution in [3.8, 4) is 22.3 Å². The lowest BCUT2D eigenvalue weighted by Gasteiger charge is -2.31. The summed E-state index contributed by atoms with van der Waals surface area (Å²) >= 11 is 0. The molecule has 13 rings (SSSR count). The van der Waals surface area contributed by atoms with Crippen LogP contribution < -0.4 is 9.80 Å². The van der Waals surface area contributed by atoms with Gasteiger partial charge >= 0.3 is 0 Å². The molecule has 2 nitrogen and oxygen atoms in total. The van der Waals surface area contributed by atoms with Crippen LogP contribution in [0.3, 0.4) is 0 Å². The van der Waals surface area contributed by atoms with Gasteiger partial charge in [-0.2, -0.15) is 0 Å². The molecule has 300 valence electrons. The van der Waals surface area contributed by atoms with E-state index in [1.165, 1.54) is 148 Å². The predicted octanol–water partition coefficient (Wildman–Crippen LogP) is 15.8. The highest BCUT2D eigenvalue weighted by Gasteiger charge is 2.29. The maximum absolute atomic E-state index is 2.65. The van der Waals surface area contributed by atoms with Crippen molar-refractivity contribution in [2.45, 2.75) is 44.4 Å². The van der Waals surface area contributed by atoms with Gasteiger partial charge in [0.15, 0.2) is 0 Å². The van der Waals surface area contributed by atoms with Gasteiger partial charge in [0.05, 0.1) is 0 Å². The zero-order valence-electron chi connectivity index (χ0n) is 35.3. The summed E-state index contributed by atoms with van der Waals surface area (Å²) in [5.41, 5.74) is 10.8. The molecule has 0 amide bonds. The van der Waals surface area contributed by atoms with Gasteiger partial charge in [-0.05, 0) is 173 Å². The van der Waals surface area contributed by atoms with E-state index in [4.69, 9.17) is 0 Å². The van der Waals surface area contributed by atoms with Gasteiger partial charge in [0, 0.05) is 49.4 Å². The first kappa shape index (κ1) is 36.1. The molecule has 2 heterocycles. The van der Waals surface area contributed by atoms with E-state index in [1.54, 1.807) is 0 Å². The van der Waals surface area contributed by atoms with Crippen LogP contribution in [-0.2, 0) is 0 Å². The van der Waals surface area contributed by atoms with E-state index in [2.05, 4.69) is 180 Å². The third kappa shape index (κ3) is 5.62. The SMILES string of the molecule is C1=CC2C=Cc3c(cc(-c4c5cc(N6CCCCC6)ccc5c(-c5cc6c7ccccc7ccc6c6ccccc56)c5cc(N6CCCCC6)ccc45)c4ccccc34)C2C=C1. The minimum atomic E-state index is 0.313. The third-order valence-corrected chi connectivity index (χ3v) is 15.0. The van der Waals surface area contributed by atoms with E-state index in [-0.39, 0.29) is 0 Å². The number of rotatable bonds is 4. The van der Waals surface area contributed by atoms with Crippen molar-refractivity contribution in [2.24, 2.45) is 5.92 Å². The standard InChI is InChI=1S/C60H50N2/c1-11-31-61(32-12-1)41-25-29-51-55(35-41)59(57-37-53-43-17-5-3-15-39(43)23-27-49(53)45-19-7-9-21-47(45)57)52-30-26-42(62-33-13-2-14-34-62)36-56(52)60(51)58-38-54-44-18-6-4-16-40(44)24-28-50(54)46-20-8-10-22-48(46)58/h3-10,15-30,35-39,43H,1-2,11-14,31-34H2. The fraction of sp³-hybridized carbons (Fsp3) is 0.200. The molecule has 2 heteroatoms. The molecule has 2 unspecified atom stereocenters. The van der Waals surface area contributed by atoms with Crippen LogP contribution in [0, 0.1) is 5.92 Å². The molecule has 9 aromatic carbocycles. The van der Waals surface area contributed by atoms with Crippen LogP contribution in [0.15, 0.2) is 164 Å². The van der Waals surface area contributed by atoms with E-state index in [1.807, 2.05) is 0 Å². The first-order chi connectivity index (χ1) is 30.8. The molecule has 2 saturated heterocycles. The van der Waals surface area contributed by atoms with Crippen molar-refractivity contribution in [1.82, 2.24) is 0 Å². The summed E-state index contributed by atoms with van der Waals surface area (Å²) < 4.78 is 0. The van der Waals surface area contributed by atoms with Crippen LogP contribution >= 0.6 is 0 Å². The van der Waals surface area contributed by atoms with E-state index in [0.717, 1.165) is 26.2 Å². The van der Waals surface area contributed by atoms with Crippen LogP contribution in [0.25, 0.3) is 93.0 Å². The van der Waals surface area contributed by atoms with E-state index in [9.17, 15) is 0 Å². The van der Waals surface area contributed by atoms with Crippen LogP contribution in [-0.4, -0.2) is 26.2 Å². The Morgan fingerprint density at radius 2 is 0.903 bits per heavy atom. The summed E-state index contributed by atoms with van der Waals surface area (Å²) in [4.78, 5) is 5.29. The van der Waals surface area contributed by atoms with Crippen LogP contribution in [0.2, 0.25) is 0 Å². The van der Waals surface area contributed by atoms with Crippen molar-refractivity contribution in [1.29, 1.82) is 0 Å². The molecule has 0 N–H and O–H groups in total. The number of hydrogen-bond acceptors (Lipinski definition) is 2. The fourth-order valence-electron chi connectivity index (χ4n) is 12.0. The molecule has 4 aliphatic rings. The summed E-state index contributed by atoms with van der Waals surface area (Å²) in [7, 11) is 0. The van der Waals surface area contributed by atoms with E-state index >= 15 is 0 Å². The van der Waals surface area contributed by atoms with Gasteiger partial charge in [-0.15, -0.1) is 0 Å². The smallest absolute Gasteiger partial charge is 0.0372 e. The summed E-state index contributed by atoms with van der Waals surface area (Å²) in [5, 5.41) is 15.8. The molecule has 0 saturated carbocycles. The third-order valence-electron chi connectivity index (χ3n) is 15.0. The summed E-state index contributed by atoms with van der Waals surface area (Å²) in [6.45, 7) is 4.44. The lowest BCUT2D eigenvalue weighted by molar-refractivity contribution is 0.578. The molecule has 62 heavy (non-hydrogen) atoms. The minimum Gasteiger partial charge on any atom is -0.372 e. The molecular formula is C60H50N2. The second-order valence-electron chi connectivity index (χ2n) is 18.4. The van der Waals surface area contributed by atoms with E-state index < -0.39 is 0 Å². The predicted molar refractivity (Wildman–Crippen MR) is 268 cm³/mol. The number of fused-ring (bicyclic) bond motifs is 12. The minimum absolute atomic E-state index is 0.313. The van der Waals surface area contributed by atoms with Gasteiger partial charge < -0.3 is 9.80 Å². The summed E-state index contributed by atoms with van der Waals surface area (Å²) in [6, 6.07) is 52.2. The number of nitrogens with zero attached hydrogens (tertiary/aromatic N) is 2. The summed E-state index contributed by atoms with van der Waals surface area (Å²) in [6.07, 6.45) is 21.7. The average molecular weight is 799 g/mol. The number of anilines is 2. The number of piperidine rings is 2. The van der Waals surface area contributed by atoms with Crippen LogP contribution in [0.5, 0.6) is 0 Å². The zero-order valence-corrected chi connectivity index (χ0v) is 35.3. The highest BCUT2D eigenvalue weighted by atomic mass is 15.1. The van der Waals surface area contributed by atoms with Gasteiger partial charge in [0.1, 0.15) is 0 Å². The van der Waals surface area contributed by atoms with Crippen molar-refractivity contribution in [3.05, 3.63) is 175 Å². The molecule has 0 radical (unpaired) electrons. The van der Waals surface area contributed by atoms with Gasteiger partial charge in [-0.3, -0.25) is 0 Å². The molecule has 0 aromatic heterocycles. The molecule has 2 aliphatic carbocycles. The molecule has 0 spiro atoms. The topological polar surface area (TPSA) is 6.48 Å². The maximum atomic E-state index is 2.65. The van der Waals surface area contributed by atoms with Crippen molar-refractivity contribution < 1.29 is 0 Å². The van der Waals surface area contributed by atoms with E-state index in [0.29, 0.717) is 11.8 Å². The lowest BCUT2D eigenvalue weighted by atomic mass is 9.74. The number of hydrogen-bond donors (Lipinski definition) is 0. The Morgan fingerprint density at radius 1 is 0.371 bits per heavy atom. The Morgan fingerprint density at radius 3 is 1.58 bits per heavy atom. The van der Waals surface area contributed by atoms with Gasteiger partial charge in [0.2, 0.25) is 0 Å². The van der Waals surface area contributed by atoms with Crippen molar-refractivity contribution in [3.63, 3.8) is 0 Å². The van der Waals surface area contributed by atoms with Crippen molar-refractivity contribution >= 4 is 82.1 Å². The normalized spacial score (nSPS) is 18.7. The lowest BCUT2D eigenvalue weighted by Crippen LogP contribution is -2.29. The zero-order chi connectivity index (χ0) is 40.7. The molecular weight excluding hydrogens is 749 g/mol. The molecule has 2 atom stereocenters. The Kier molecular flexibility index (Phi) is 8.42. The Labute approximate surface area is 364 Å². The van der Waals surface area contributed by atoms with Gasteiger partial charge in [-0.25, -0.2) is 0 Å². The summed E-state index contributed by atoms with van der Waals surface area (Å²) in [5.74, 6) is 0.681. The Bertz CT molecular complexity index is 3390. The number of allylic oxidation sites excluding steroid dienone is 5. The second kappa shape index (κ2) is 14.5. The highest BCUT2D eigenvalue weighted by molar-refractivity contribution is 6.29. The molecule has 0 bridgehead atoms. The number of benzene rings is 9. The Balaban J connectivity index is 1.20. The highest BCUT2D eigenvalue weighted by Crippen LogP contribution is 2.52. The first-order valence-electron chi connectivity index (χ1n) is 23.2. The molecule has 2 aliphatic heterocycles. The van der Waals surface area contributed by atoms with Crippen LogP contribution in [0.1, 0.15) is 55.6 Å². The largest absolute Gasteiger partial charge is 0.372 e. The van der Waals surface area contributed by atoms with Crippen LogP contribution in [0.4, 0.5) is 11.4 Å². The fourth-order valence-corrected chi connectivity index (χ4v) is 12.0.